The van der Waals surface area contributed by atoms with E-state index in [0.717, 1.165) is 5.56 Å². The molecule has 1 fully saturated rings. The lowest BCUT2D eigenvalue weighted by Crippen LogP contribution is -2.52. The average molecular weight is 409 g/mol. The maximum absolute atomic E-state index is 11.4. The second-order valence-corrected chi connectivity index (χ2v) is 8.58. The minimum atomic E-state index is -1.30. The SMILES string of the molecule is C=CC[C@]1(c2ccc(OC)c(OC)c2)CCC(C)(O)C(O)CC[C@H](C)[C@@H](O)C1O. The van der Waals surface area contributed by atoms with Crippen LogP contribution in [0.1, 0.15) is 51.5 Å². The lowest BCUT2D eigenvalue weighted by atomic mass is 9.64. The van der Waals surface area contributed by atoms with Crippen molar-refractivity contribution in [2.75, 3.05) is 14.2 Å². The van der Waals surface area contributed by atoms with Gasteiger partial charge in [0, 0.05) is 5.41 Å². The molecule has 4 N–H and O–H groups in total. The summed E-state index contributed by atoms with van der Waals surface area (Å²) in [7, 11) is 3.10. The molecule has 2 rings (SSSR count). The first kappa shape index (κ1) is 23.7. The third kappa shape index (κ3) is 4.77. The zero-order valence-electron chi connectivity index (χ0n) is 18.0. The Morgan fingerprint density at radius 3 is 2.34 bits per heavy atom. The van der Waals surface area contributed by atoms with Crippen molar-refractivity contribution in [3.05, 3.63) is 36.4 Å². The molecule has 0 aromatic heterocycles. The van der Waals surface area contributed by atoms with Gasteiger partial charge in [-0.05, 0) is 62.6 Å². The molecule has 3 unspecified atom stereocenters. The van der Waals surface area contributed by atoms with Crippen LogP contribution in [0.3, 0.4) is 0 Å². The minimum Gasteiger partial charge on any atom is -0.493 e. The summed E-state index contributed by atoms with van der Waals surface area (Å²) in [5, 5.41) is 43.7. The van der Waals surface area contributed by atoms with Gasteiger partial charge in [0.25, 0.3) is 0 Å². The van der Waals surface area contributed by atoms with E-state index >= 15 is 0 Å². The van der Waals surface area contributed by atoms with Crippen LogP contribution in [0.15, 0.2) is 30.9 Å². The quantitative estimate of drug-likeness (QED) is 0.559. The van der Waals surface area contributed by atoms with Gasteiger partial charge in [-0.3, -0.25) is 0 Å². The first-order valence-electron chi connectivity index (χ1n) is 10.2. The van der Waals surface area contributed by atoms with Crippen molar-refractivity contribution in [3.63, 3.8) is 0 Å². The number of ether oxygens (including phenoxy) is 2. The van der Waals surface area contributed by atoms with Crippen molar-refractivity contribution in [2.24, 2.45) is 5.92 Å². The highest BCUT2D eigenvalue weighted by molar-refractivity contribution is 5.46. The molecule has 0 aliphatic heterocycles. The van der Waals surface area contributed by atoms with Crippen molar-refractivity contribution in [3.8, 4) is 11.5 Å². The van der Waals surface area contributed by atoms with Crippen LogP contribution in [0.2, 0.25) is 0 Å². The van der Waals surface area contributed by atoms with Gasteiger partial charge in [-0.25, -0.2) is 0 Å². The summed E-state index contributed by atoms with van der Waals surface area (Å²) in [6.07, 6.45) is 0.595. The number of methoxy groups -OCH3 is 2. The fraction of sp³-hybridized carbons (Fsp3) is 0.652. The highest BCUT2D eigenvalue weighted by Gasteiger charge is 2.47. The lowest BCUT2D eigenvalue weighted by Gasteiger charge is -2.45. The van der Waals surface area contributed by atoms with Gasteiger partial charge in [-0.2, -0.15) is 0 Å². The van der Waals surface area contributed by atoms with Crippen LogP contribution in [0, 0.1) is 5.92 Å². The van der Waals surface area contributed by atoms with E-state index in [1.807, 2.05) is 13.0 Å². The fourth-order valence-corrected chi connectivity index (χ4v) is 4.39. The highest BCUT2D eigenvalue weighted by Crippen LogP contribution is 2.45. The molecule has 164 valence electrons. The summed E-state index contributed by atoms with van der Waals surface area (Å²) in [6.45, 7) is 7.34. The van der Waals surface area contributed by atoms with Crippen LogP contribution in [0.5, 0.6) is 11.5 Å². The topological polar surface area (TPSA) is 99.4 Å². The lowest BCUT2D eigenvalue weighted by molar-refractivity contribution is -0.106. The zero-order chi connectivity index (χ0) is 21.8. The van der Waals surface area contributed by atoms with E-state index in [4.69, 9.17) is 9.47 Å². The Balaban J connectivity index is 2.63. The summed E-state index contributed by atoms with van der Waals surface area (Å²) in [5.41, 5.74) is -1.44. The zero-order valence-corrected chi connectivity index (χ0v) is 18.0. The second-order valence-electron chi connectivity index (χ2n) is 8.58. The van der Waals surface area contributed by atoms with E-state index in [1.54, 1.807) is 39.4 Å². The molecule has 1 aliphatic rings. The van der Waals surface area contributed by atoms with Crippen molar-refractivity contribution < 1.29 is 29.9 Å². The van der Waals surface area contributed by atoms with E-state index < -0.39 is 29.3 Å². The molecule has 6 atom stereocenters. The Morgan fingerprint density at radius 1 is 1.10 bits per heavy atom. The third-order valence-electron chi connectivity index (χ3n) is 6.63. The van der Waals surface area contributed by atoms with Crippen molar-refractivity contribution >= 4 is 0 Å². The maximum Gasteiger partial charge on any atom is 0.161 e. The van der Waals surface area contributed by atoms with Crippen LogP contribution in [-0.2, 0) is 5.41 Å². The monoisotopic (exact) mass is 408 g/mol. The Hall–Kier alpha value is -1.60. The molecule has 1 aromatic carbocycles. The first-order valence-corrected chi connectivity index (χ1v) is 10.2. The largest absolute Gasteiger partial charge is 0.493 e. The summed E-state index contributed by atoms with van der Waals surface area (Å²) >= 11 is 0. The van der Waals surface area contributed by atoms with Crippen LogP contribution >= 0.6 is 0 Å². The summed E-state index contributed by atoms with van der Waals surface area (Å²) in [4.78, 5) is 0. The fourth-order valence-electron chi connectivity index (χ4n) is 4.39. The molecule has 0 spiro atoms. The standard InChI is InChI=1S/C23H36O6/c1-6-11-23(16-8-9-17(28-4)18(14-16)29-5)13-12-22(3,27)19(24)10-7-15(2)20(25)21(23)26/h6,8-9,14-15,19-21,24-27H,1,7,10-13H2,2-5H3/t15-,19?,20+,21?,22?,23+/m0/s1. The second kappa shape index (κ2) is 9.47. The smallest absolute Gasteiger partial charge is 0.161 e. The van der Waals surface area contributed by atoms with Crippen molar-refractivity contribution in [1.29, 1.82) is 0 Å². The minimum absolute atomic E-state index is 0.252. The molecule has 0 heterocycles. The Labute approximate surface area is 173 Å². The van der Waals surface area contributed by atoms with E-state index in [0.29, 0.717) is 37.2 Å². The molecule has 0 amide bonds. The summed E-state index contributed by atoms with van der Waals surface area (Å²) in [6, 6.07) is 5.43. The van der Waals surface area contributed by atoms with E-state index in [2.05, 4.69) is 6.58 Å². The number of allylic oxidation sites excluding steroid dienone is 1. The van der Waals surface area contributed by atoms with Crippen LogP contribution in [0.25, 0.3) is 0 Å². The van der Waals surface area contributed by atoms with Crippen LogP contribution in [0.4, 0.5) is 0 Å². The number of aliphatic hydroxyl groups is 4. The number of hydrogen-bond donors (Lipinski definition) is 4. The van der Waals surface area contributed by atoms with Gasteiger partial charge < -0.3 is 29.9 Å². The van der Waals surface area contributed by atoms with E-state index in [-0.39, 0.29) is 12.3 Å². The Bertz CT molecular complexity index is 688. The van der Waals surface area contributed by atoms with Gasteiger partial charge in [0.15, 0.2) is 11.5 Å². The molecular weight excluding hydrogens is 372 g/mol. The predicted octanol–water partition coefficient (Wildman–Crippen LogP) is 2.56. The molecule has 6 nitrogen and oxygen atoms in total. The maximum atomic E-state index is 11.4. The normalized spacial score (nSPS) is 36.3. The van der Waals surface area contributed by atoms with Gasteiger partial charge in [0.2, 0.25) is 0 Å². The summed E-state index contributed by atoms with van der Waals surface area (Å²) in [5.74, 6) is 0.834. The molecule has 0 radical (unpaired) electrons. The summed E-state index contributed by atoms with van der Waals surface area (Å²) < 4.78 is 10.8. The van der Waals surface area contributed by atoms with Gasteiger partial charge >= 0.3 is 0 Å². The molecule has 0 bridgehead atoms. The number of rotatable bonds is 5. The van der Waals surface area contributed by atoms with Gasteiger partial charge in [-0.1, -0.05) is 19.1 Å². The third-order valence-corrected chi connectivity index (χ3v) is 6.63. The molecule has 29 heavy (non-hydrogen) atoms. The Morgan fingerprint density at radius 2 is 1.76 bits per heavy atom. The van der Waals surface area contributed by atoms with Gasteiger partial charge in [-0.15, -0.1) is 6.58 Å². The number of aliphatic hydroxyl groups excluding tert-OH is 3. The average Bonchev–Trinajstić information content (AvgIpc) is 2.72. The van der Waals surface area contributed by atoms with E-state index in [1.165, 1.54) is 0 Å². The molecule has 6 heteroatoms. The van der Waals surface area contributed by atoms with Gasteiger partial charge in [0.1, 0.15) is 0 Å². The number of benzene rings is 1. The van der Waals surface area contributed by atoms with Gasteiger partial charge in [0.05, 0.1) is 38.1 Å². The molecule has 1 aliphatic carbocycles. The Kier molecular flexibility index (Phi) is 7.74. The predicted molar refractivity (Wildman–Crippen MR) is 112 cm³/mol. The highest BCUT2D eigenvalue weighted by atomic mass is 16.5. The van der Waals surface area contributed by atoms with Crippen molar-refractivity contribution in [2.45, 2.75) is 75.3 Å². The van der Waals surface area contributed by atoms with Crippen LogP contribution < -0.4 is 9.47 Å². The number of hydrogen-bond acceptors (Lipinski definition) is 6. The molecular formula is C23H36O6. The molecule has 1 aromatic rings. The molecule has 1 saturated carbocycles. The van der Waals surface area contributed by atoms with Crippen LogP contribution in [-0.4, -0.2) is 58.6 Å². The molecule has 0 saturated heterocycles. The van der Waals surface area contributed by atoms with E-state index in [9.17, 15) is 20.4 Å². The first-order chi connectivity index (χ1) is 13.6. The van der Waals surface area contributed by atoms with Crippen molar-refractivity contribution in [1.82, 2.24) is 0 Å².